The summed E-state index contributed by atoms with van der Waals surface area (Å²) in [6.07, 6.45) is 4.91. The number of rotatable bonds is 3. The molecule has 0 radical (unpaired) electrons. The number of ether oxygens (including phenoxy) is 1. The van der Waals surface area contributed by atoms with E-state index in [0.717, 1.165) is 37.1 Å². The fourth-order valence-electron chi connectivity index (χ4n) is 3.78. The molecule has 6 heteroatoms. The quantitative estimate of drug-likeness (QED) is 0.913. The Hall–Kier alpha value is -1.40. The SMILES string of the molecule is Cc1cc(C)n(CC2CN(C(=O)C3(N)CCCCC3)CCO2)n1. The maximum Gasteiger partial charge on any atom is 0.242 e. The van der Waals surface area contributed by atoms with Crippen molar-refractivity contribution >= 4 is 5.91 Å². The number of hydrogen-bond acceptors (Lipinski definition) is 4. The van der Waals surface area contributed by atoms with Crippen LogP contribution >= 0.6 is 0 Å². The van der Waals surface area contributed by atoms with Crippen LogP contribution in [-0.4, -0.2) is 51.9 Å². The Morgan fingerprint density at radius 1 is 1.39 bits per heavy atom. The number of nitrogens with two attached hydrogens (primary N) is 1. The van der Waals surface area contributed by atoms with Gasteiger partial charge >= 0.3 is 0 Å². The third-order valence-corrected chi connectivity index (χ3v) is 5.08. The van der Waals surface area contributed by atoms with Crippen LogP contribution in [0.3, 0.4) is 0 Å². The summed E-state index contributed by atoms with van der Waals surface area (Å²) in [6.45, 7) is 6.54. The van der Waals surface area contributed by atoms with Gasteiger partial charge in [0, 0.05) is 18.8 Å². The third-order valence-electron chi connectivity index (χ3n) is 5.08. The molecule has 0 aromatic carbocycles. The van der Waals surface area contributed by atoms with E-state index in [4.69, 9.17) is 10.5 Å². The van der Waals surface area contributed by atoms with Gasteiger partial charge in [-0.05, 0) is 32.8 Å². The normalized spacial score (nSPS) is 24.7. The largest absolute Gasteiger partial charge is 0.373 e. The van der Waals surface area contributed by atoms with E-state index in [1.165, 1.54) is 6.42 Å². The van der Waals surface area contributed by atoms with Crippen LogP contribution in [-0.2, 0) is 16.1 Å². The Kier molecular flexibility index (Phi) is 4.73. The second-order valence-corrected chi connectivity index (χ2v) is 7.07. The maximum absolute atomic E-state index is 12.9. The summed E-state index contributed by atoms with van der Waals surface area (Å²) in [5.74, 6) is 0.110. The van der Waals surface area contributed by atoms with Crippen LogP contribution in [0.15, 0.2) is 6.07 Å². The molecule has 0 bridgehead atoms. The van der Waals surface area contributed by atoms with Gasteiger partial charge in [0.2, 0.25) is 5.91 Å². The first-order chi connectivity index (χ1) is 11.0. The molecular formula is C17H28N4O2. The van der Waals surface area contributed by atoms with Crippen molar-refractivity contribution in [1.29, 1.82) is 0 Å². The predicted molar refractivity (Wildman–Crippen MR) is 88.0 cm³/mol. The summed E-state index contributed by atoms with van der Waals surface area (Å²) in [7, 11) is 0. The lowest BCUT2D eigenvalue weighted by Gasteiger charge is -2.40. The molecule has 0 spiro atoms. The van der Waals surface area contributed by atoms with E-state index in [9.17, 15) is 4.79 Å². The van der Waals surface area contributed by atoms with Crippen molar-refractivity contribution < 1.29 is 9.53 Å². The van der Waals surface area contributed by atoms with Gasteiger partial charge in [-0.15, -0.1) is 0 Å². The van der Waals surface area contributed by atoms with E-state index >= 15 is 0 Å². The van der Waals surface area contributed by atoms with Crippen LogP contribution in [0, 0.1) is 13.8 Å². The molecule has 1 aromatic rings. The van der Waals surface area contributed by atoms with Crippen molar-refractivity contribution in [2.24, 2.45) is 5.73 Å². The van der Waals surface area contributed by atoms with Crippen LogP contribution in [0.2, 0.25) is 0 Å². The van der Waals surface area contributed by atoms with Gasteiger partial charge in [-0.25, -0.2) is 0 Å². The number of carbonyl (C=O) groups is 1. The van der Waals surface area contributed by atoms with Crippen molar-refractivity contribution in [1.82, 2.24) is 14.7 Å². The fourth-order valence-corrected chi connectivity index (χ4v) is 3.78. The van der Waals surface area contributed by atoms with Crippen molar-refractivity contribution in [3.63, 3.8) is 0 Å². The zero-order valence-corrected chi connectivity index (χ0v) is 14.3. The van der Waals surface area contributed by atoms with Gasteiger partial charge in [0.1, 0.15) is 0 Å². The number of carbonyl (C=O) groups excluding carboxylic acids is 1. The van der Waals surface area contributed by atoms with Gasteiger partial charge in [0.15, 0.2) is 0 Å². The number of morpholine rings is 1. The van der Waals surface area contributed by atoms with Gasteiger partial charge in [-0.3, -0.25) is 9.48 Å². The standard InChI is InChI=1S/C17H28N4O2/c1-13-10-14(2)21(19-13)12-15-11-20(8-9-23-15)16(22)17(18)6-4-3-5-7-17/h10,15H,3-9,11-12,18H2,1-2H3. The Bertz CT molecular complexity index is 563. The van der Waals surface area contributed by atoms with Crippen molar-refractivity contribution in [3.05, 3.63) is 17.5 Å². The predicted octanol–water partition coefficient (Wildman–Crippen LogP) is 1.39. The van der Waals surface area contributed by atoms with Gasteiger partial charge in [0.05, 0.1) is 30.5 Å². The zero-order chi connectivity index (χ0) is 16.4. The lowest BCUT2D eigenvalue weighted by Crippen LogP contribution is -2.59. The number of amides is 1. The van der Waals surface area contributed by atoms with Crippen molar-refractivity contribution in [2.75, 3.05) is 19.7 Å². The van der Waals surface area contributed by atoms with Gasteiger partial charge in [0.25, 0.3) is 0 Å². The minimum absolute atomic E-state index is 0.0158. The van der Waals surface area contributed by atoms with E-state index in [1.54, 1.807) is 0 Å². The topological polar surface area (TPSA) is 73.4 Å². The lowest BCUT2D eigenvalue weighted by atomic mass is 9.81. The molecule has 1 unspecified atom stereocenters. The smallest absolute Gasteiger partial charge is 0.242 e. The molecule has 2 aliphatic rings. The second-order valence-electron chi connectivity index (χ2n) is 7.07. The average Bonchev–Trinajstić information content (AvgIpc) is 2.85. The fraction of sp³-hybridized carbons (Fsp3) is 0.765. The highest BCUT2D eigenvalue weighted by Crippen LogP contribution is 2.28. The Balaban J connectivity index is 1.63. The first-order valence-electron chi connectivity index (χ1n) is 8.69. The lowest BCUT2D eigenvalue weighted by molar-refractivity contribution is -0.146. The minimum Gasteiger partial charge on any atom is -0.373 e. The number of aromatic nitrogens is 2. The molecule has 2 heterocycles. The van der Waals surface area contributed by atoms with Crippen LogP contribution in [0.1, 0.15) is 43.5 Å². The second kappa shape index (κ2) is 6.61. The molecule has 1 saturated carbocycles. The molecule has 128 valence electrons. The van der Waals surface area contributed by atoms with Crippen LogP contribution < -0.4 is 5.73 Å². The number of aryl methyl sites for hydroxylation is 2. The first kappa shape index (κ1) is 16.5. The highest BCUT2D eigenvalue weighted by Gasteiger charge is 2.39. The molecular weight excluding hydrogens is 292 g/mol. The molecule has 3 rings (SSSR count). The Morgan fingerprint density at radius 3 is 2.78 bits per heavy atom. The summed E-state index contributed by atoms with van der Waals surface area (Å²) in [6, 6.07) is 2.06. The summed E-state index contributed by atoms with van der Waals surface area (Å²) in [5, 5.41) is 4.49. The highest BCUT2D eigenvalue weighted by atomic mass is 16.5. The first-order valence-corrected chi connectivity index (χ1v) is 8.69. The zero-order valence-electron chi connectivity index (χ0n) is 14.3. The minimum atomic E-state index is -0.654. The van der Waals surface area contributed by atoms with Crippen LogP contribution in [0.25, 0.3) is 0 Å². The van der Waals surface area contributed by atoms with E-state index in [-0.39, 0.29) is 12.0 Å². The molecule has 6 nitrogen and oxygen atoms in total. The molecule has 2 fully saturated rings. The monoisotopic (exact) mass is 320 g/mol. The highest BCUT2D eigenvalue weighted by molar-refractivity contribution is 5.86. The maximum atomic E-state index is 12.9. The summed E-state index contributed by atoms with van der Waals surface area (Å²) in [5.41, 5.74) is 7.89. The van der Waals surface area contributed by atoms with Crippen molar-refractivity contribution in [2.45, 2.75) is 64.1 Å². The molecule has 1 aliphatic carbocycles. The molecule has 1 atom stereocenters. The molecule has 1 aliphatic heterocycles. The van der Waals surface area contributed by atoms with Gasteiger partial charge < -0.3 is 15.4 Å². The third kappa shape index (κ3) is 3.58. The summed E-state index contributed by atoms with van der Waals surface area (Å²) in [4.78, 5) is 14.8. The van der Waals surface area contributed by atoms with E-state index < -0.39 is 5.54 Å². The van der Waals surface area contributed by atoms with E-state index in [0.29, 0.717) is 26.2 Å². The van der Waals surface area contributed by atoms with E-state index in [2.05, 4.69) is 11.2 Å². The number of hydrogen-bond donors (Lipinski definition) is 1. The van der Waals surface area contributed by atoms with Crippen LogP contribution in [0.4, 0.5) is 0 Å². The molecule has 1 amide bonds. The van der Waals surface area contributed by atoms with Gasteiger partial charge in [-0.1, -0.05) is 19.3 Å². The van der Waals surface area contributed by atoms with Crippen molar-refractivity contribution in [3.8, 4) is 0 Å². The number of nitrogens with zero attached hydrogens (tertiary/aromatic N) is 3. The molecule has 23 heavy (non-hydrogen) atoms. The molecule has 1 saturated heterocycles. The summed E-state index contributed by atoms with van der Waals surface area (Å²) < 4.78 is 7.82. The van der Waals surface area contributed by atoms with Crippen LogP contribution in [0.5, 0.6) is 0 Å². The van der Waals surface area contributed by atoms with Gasteiger partial charge in [-0.2, -0.15) is 5.10 Å². The average molecular weight is 320 g/mol. The molecule has 2 N–H and O–H groups in total. The summed E-state index contributed by atoms with van der Waals surface area (Å²) >= 11 is 0. The molecule has 1 aromatic heterocycles. The Morgan fingerprint density at radius 2 is 2.13 bits per heavy atom. The Labute approximate surface area is 138 Å². The van der Waals surface area contributed by atoms with E-state index in [1.807, 2.05) is 23.4 Å².